The molecule has 4 nitrogen and oxygen atoms in total. The summed E-state index contributed by atoms with van der Waals surface area (Å²) in [6.45, 7) is 8.56. The Morgan fingerprint density at radius 3 is 2.45 bits per heavy atom. The highest BCUT2D eigenvalue weighted by Gasteiger charge is 2.27. The van der Waals surface area contributed by atoms with Crippen molar-refractivity contribution in [3.63, 3.8) is 0 Å². The van der Waals surface area contributed by atoms with Crippen molar-refractivity contribution in [2.45, 2.75) is 65.3 Å². The van der Waals surface area contributed by atoms with Gasteiger partial charge in [-0.05, 0) is 63.5 Å². The maximum atomic E-state index is 12.0. The fourth-order valence-corrected chi connectivity index (χ4v) is 4.24. The second-order valence-corrected chi connectivity index (χ2v) is 8.23. The summed E-state index contributed by atoms with van der Waals surface area (Å²) in [5, 5.41) is 3.30. The summed E-state index contributed by atoms with van der Waals surface area (Å²) >= 11 is 0. The van der Waals surface area contributed by atoms with Crippen molar-refractivity contribution in [2.75, 3.05) is 18.8 Å². The Labute approximate surface area is 125 Å². The molecule has 3 unspecified atom stereocenters. The number of hydrogen-bond acceptors (Lipinski definition) is 3. The van der Waals surface area contributed by atoms with Crippen molar-refractivity contribution in [3.8, 4) is 0 Å². The maximum absolute atomic E-state index is 12.0. The smallest absolute Gasteiger partial charge is 0.211 e. The van der Waals surface area contributed by atoms with E-state index in [0.717, 1.165) is 57.5 Å². The summed E-state index contributed by atoms with van der Waals surface area (Å²) in [6, 6.07) is 0.157. The lowest BCUT2D eigenvalue weighted by Gasteiger charge is -2.32. The van der Waals surface area contributed by atoms with E-state index in [2.05, 4.69) is 30.8 Å². The van der Waals surface area contributed by atoms with E-state index in [0.29, 0.717) is 5.92 Å². The molecule has 0 spiro atoms. The number of unbranched alkanes of at least 4 members (excludes halogenated alkanes) is 1. The Bertz CT molecular complexity index is 357. The third-order valence-corrected chi connectivity index (χ3v) is 5.91. The molecule has 0 aromatic heterocycles. The fraction of sp³-hybridized carbons (Fsp3) is 1.00. The molecule has 0 aliphatic heterocycles. The van der Waals surface area contributed by atoms with E-state index >= 15 is 0 Å². The highest BCUT2D eigenvalue weighted by molar-refractivity contribution is 7.89. The second kappa shape index (κ2) is 9.00. The molecule has 1 fully saturated rings. The second-order valence-electron chi connectivity index (χ2n) is 6.36. The molecule has 1 rings (SSSR count). The largest absolute Gasteiger partial charge is 0.317 e. The molecule has 1 aliphatic rings. The van der Waals surface area contributed by atoms with Crippen LogP contribution >= 0.6 is 0 Å². The van der Waals surface area contributed by atoms with Crippen LogP contribution in [0.3, 0.4) is 0 Å². The first-order valence-electron chi connectivity index (χ1n) is 8.15. The SMILES string of the molecule is CCCNCCCCS(=O)(=O)NC1CCC(C)C(C)C1. The van der Waals surface area contributed by atoms with E-state index < -0.39 is 10.0 Å². The van der Waals surface area contributed by atoms with Gasteiger partial charge >= 0.3 is 0 Å². The zero-order valence-corrected chi connectivity index (χ0v) is 14.1. The molecule has 0 bridgehead atoms. The van der Waals surface area contributed by atoms with E-state index in [1.165, 1.54) is 0 Å². The van der Waals surface area contributed by atoms with E-state index in [1.807, 2.05) is 0 Å². The normalized spacial score (nSPS) is 27.6. The van der Waals surface area contributed by atoms with Crippen LogP contribution in [0.15, 0.2) is 0 Å². The lowest BCUT2D eigenvalue weighted by Crippen LogP contribution is -2.40. The predicted molar refractivity (Wildman–Crippen MR) is 85.3 cm³/mol. The quantitative estimate of drug-likeness (QED) is 0.644. The lowest BCUT2D eigenvalue weighted by molar-refractivity contribution is 0.242. The minimum Gasteiger partial charge on any atom is -0.317 e. The molecule has 0 aromatic carbocycles. The van der Waals surface area contributed by atoms with Crippen LogP contribution in [0.4, 0.5) is 0 Å². The van der Waals surface area contributed by atoms with Crippen molar-refractivity contribution in [1.29, 1.82) is 0 Å². The van der Waals surface area contributed by atoms with Crippen molar-refractivity contribution < 1.29 is 8.42 Å². The van der Waals surface area contributed by atoms with Gasteiger partial charge < -0.3 is 5.32 Å². The van der Waals surface area contributed by atoms with Gasteiger partial charge in [-0.25, -0.2) is 13.1 Å². The molecule has 0 amide bonds. The first-order chi connectivity index (χ1) is 9.44. The Morgan fingerprint density at radius 2 is 1.80 bits per heavy atom. The van der Waals surface area contributed by atoms with Crippen molar-refractivity contribution in [1.82, 2.24) is 10.0 Å². The van der Waals surface area contributed by atoms with Gasteiger partial charge in [0.05, 0.1) is 5.75 Å². The average Bonchev–Trinajstić information content (AvgIpc) is 2.38. The van der Waals surface area contributed by atoms with Gasteiger partial charge in [0.2, 0.25) is 10.0 Å². The van der Waals surface area contributed by atoms with E-state index in [1.54, 1.807) is 0 Å². The van der Waals surface area contributed by atoms with Gasteiger partial charge in [0.15, 0.2) is 0 Å². The monoisotopic (exact) mass is 304 g/mol. The Hall–Kier alpha value is -0.130. The van der Waals surface area contributed by atoms with Crippen LogP contribution in [0.25, 0.3) is 0 Å². The molecule has 0 heterocycles. The summed E-state index contributed by atoms with van der Waals surface area (Å²) in [7, 11) is -3.09. The van der Waals surface area contributed by atoms with E-state index in [-0.39, 0.29) is 11.8 Å². The summed E-state index contributed by atoms with van der Waals surface area (Å²) < 4.78 is 27.0. The molecule has 1 aliphatic carbocycles. The maximum Gasteiger partial charge on any atom is 0.211 e. The third kappa shape index (κ3) is 7.04. The fourth-order valence-electron chi connectivity index (χ4n) is 2.81. The number of hydrogen-bond donors (Lipinski definition) is 2. The van der Waals surface area contributed by atoms with Crippen LogP contribution < -0.4 is 10.0 Å². The molecular formula is C15H32N2O2S. The van der Waals surface area contributed by atoms with Gasteiger partial charge in [0, 0.05) is 6.04 Å². The minimum absolute atomic E-state index is 0.157. The molecule has 3 atom stereocenters. The van der Waals surface area contributed by atoms with Crippen LogP contribution in [-0.4, -0.2) is 33.3 Å². The van der Waals surface area contributed by atoms with Gasteiger partial charge in [-0.2, -0.15) is 0 Å². The Kier molecular flexibility index (Phi) is 8.07. The lowest BCUT2D eigenvalue weighted by atomic mass is 9.79. The highest BCUT2D eigenvalue weighted by Crippen LogP contribution is 2.29. The number of rotatable bonds is 9. The first-order valence-corrected chi connectivity index (χ1v) is 9.80. The van der Waals surface area contributed by atoms with Crippen molar-refractivity contribution >= 4 is 10.0 Å². The first kappa shape index (κ1) is 17.9. The predicted octanol–water partition coefficient (Wildman–Crippen LogP) is 2.51. The molecule has 0 aromatic rings. The van der Waals surface area contributed by atoms with E-state index in [4.69, 9.17) is 0 Å². The van der Waals surface area contributed by atoms with E-state index in [9.17, 15) is 8.42 Å². The standard InChI is InChI=1S/C15H32N2O2S/c1-4-9-16-10-5-6-11-20(18,19)17-15-8-7-13(2)14(3)12-15/h13-17H,4-12H2,1-3H3. The van der Waals surface area contributed by atoms with Gasteiger partial charge in [0.1, 0.15) is 0 Å². The van der Waals surface area contributed by atoms with Crippen LogP contribution in [-0.2, 0) is 10.0 Å². The van der Waals surface area contributed by atoms with Crippen LogP contribution in [0, 0.1) is 11.8 Å². The Balaban J connectivity index is 2.21. The van der Waals surface area contributed by atoms with Crippen molar-refractivity contribution in [3.05, 3.63) is 0 Å². The van der Waals surface area contributed by atoms with Crippen LogP contribution in [0.5, 0.6) is 0 Å². The molecule has 0 saturated heterocycles. The van der Waals surface area contributed by atoms with Gasteiger partial charge in [-0.3, -0.25) is 0 Å². The zero-order valence-electron chi connectivity index (χ0n) is 13.3. The summed E-state index contributed by atoms with van der Waals surface area (Å²) in [5.74, 6) is 1.61. The molecule has 5 heteroatoms. The van der Waals surface area contributed by atoms with Crippen LogP contribution in [0.1, 0.15) is 59.3 Å². The molecule has 1 saturated carbocycles. The van der Waals surface area contributed by atoms with Gasteiger partial charge in [-0.15, -0.1) is 0 Å². The summed E-state index contributed by atoms with van der Waals surface area (Å²) in [6.07, 6.45) is 5.90. The topological polar surface area (TPSA) is 58.2 Å². The third-order valence-electron chi connectivity index (χ3n) is 4.39. The molecule has 120 valence electrons. The van der Waals surface area contributed by atoms with Gasteiger partial charge in [0.25, 0.3) is 0 Å². The average molecular weight is 305 g/mol. The molecule has 2 N–H and O–H groups in total. The van der Waals surface area contributed by atoms with Crippen molar-refractivity contribution in [2.24, 2.45) is 11.8 Å². The number of nitrogens with one attached hydrogen (secondary N) is 2. The minimum atomic E-state index is -3.09. The summed E-state index contributed by atoms with van der Waals surface area (Å²) in [5.41, 5.74) is 0. The molecule has 0 radical (unpaired) electrons. The number of sulfonamides is 1. The zero-order chi connectivity index (χ0) is 15.0. The Morgan fingerprint density at radius 1 is 1.05 bits per heavy atom. The van der Waals surface area contributed by atoms with Gasteiger partial charge in [-0.1, -0.05) is 20.8 Å². The van der Waals surface area contributed by atoms with Crippen LogP contribution in [0.2, 0.25) is 0 Å². The molecular weight excluding hydrogens is 272 g/mol. The molecule has 20 heavy (non-hydrogen) atoms. The highest BCUT2D eigenvalue weighted by atomic mass is 32.2. The summed E-state index contributed by atoms with van der Waals surface area (Å²) in [4.78, 5) is 0.